The number of nitrogens with one attached hydrogen (secondary N) is 1. The van der Waals surface area contributed by atoms with E-state index in [9.17, 15) is 0 Å². The number of halogens is 1. The van der Waals surface area contributed by atoms with E-state index in [1.54, 1.807) is 11.3 Å². The van der Waals surface area contributed by atoms with Gasteiger partial charge in [0, 0.05) is 9.92 Å². The van der Waals surface area contributed by atoms with Crippen LogP contribution in [0.15, 0.2) is 77.0 Å². The van der Waals surface area contributed by atoms with Gasteiger partial charge in [-0.05, 0) is 41.3 Å². The van der Waals surface area contributed by atoms with E-state index < -0.39 is 0 Å². The summed E-state index contributed by atoms with van der Waals surface area (Å²) >= 11 is 10.0. The average Bonchev–Trinajstić information content (AvgIpc) is 3.03. The molecule has 2 aromatic carbocycles. The van der Waals surface area contributed by atoms with Gasteiger partial charge in [0.25, 0.3) is 0 Å². The maximum Gasteiger partial charge on any atom is 0.0563 e. The molecule has 0 aliphatic carbocycles. The fraction of sp³-hybridized carbons (Fsp3) is 0.0526. The predicted molar refractivity (Wildman–Crippen MR) is 102 cm³/mol. The van der Waals surface area contributed by atoms with Crippen molar-refractivity contribution in [2.24, 2.45) is 0 Å². The summed E-state index contributed by atoms with van der Waals surface area (Å²) in [4.78, 5) is 2.47. The highest BCUT2D eigenvalue weighted by atomic mass is 35.5. The molecule has 4 heteroatoms. The van der Waals surface area contributed by atoms with Crippen LogP contribution in [0.5, 0.6) is 0 Å². The van der Waals surface area contributed by atoms with Gasteiger partial charge in [-0.1, -0.05) is 48.0 Å². The molecule has 0 radical (unpaired) electrons. The minimum absolute atomic E-state index is 0.178. The van der Waals surface area contributed by atoms with Crippen molar-refractivity contribution in [2.45, 2.75) is 10.1 Å². The van der Waals surface area contributed by atoms with Crippen molar-refractivity contribution in [2.75, 3.05) is 5.32 Å². The molecule has 3 aromatic rings. The first-order valence-electron chi connectivity index (χ1n) is 7.34. The molecule has 0 saturated heterocycles. The fourth-order valence-electron chi connectivity index (χ4n) is 2.62. The number of hydrogen-bond acceptors (Lipinski definition) is 3. The number of anilines is 1. The van der Waals surface area contributed by atoms with E-state index in [0.29, 0.717) is 0 Å². The van der Waals surface area contributed by atoms with Crippen molar-refractivity contribution in [3.05, 3.63) is 87.6 Å². The molecule has 0 spiro atoms. The Balaban J connectivity index is 1.84. The highest BCUT2D eigenvalue weighted by Crippen LogP contribution is 2.46. The van der Waals surface area contributed by atoms with E-state index >= 15 is 0 Å². The highest BCUT2D eigenvalue weighted by Gasteiger charge is 2.21. The second kappa shape index (κ2) is 6.44. The van der Waals surface area contributed by atoms with Crippen molar-refractivity contribution in [3.8, 4) is 0 Å². The Hall–Kier alpha value is -1.68. The lowest BCUT2D eigenvalue weighted by Gasteiger charge is -2.13. The second-order valence-electron chi connectivity index (χ2n) is 5.24. The molecule has 1 N–H and O–H groups in total. The Morgan fingerprint density at radius 3 is 2.57 bits per heavy atom. The maximum absolute atomic E-state index is 6.45. The Kier molecular flexibility index (Phi) is 4.17. The van der Waals surface area contributed by atoms with Crippen LogP contribution in [0, 0.1) is 0 Å². The van der Waals surface area contributed by atoms with Crippen molar-refractivity contribution < 1.29 is 0 Å². The molecule has 1 aliphatic heterocycles. The molecule has 1 aromatic heterocycles. The lowest BCUT2D eigenvalue weighted by molar-refractivity contribution is 1.23. The Labute approximate surface area is 149 Å². The van der Waals surface area contributed by atoms with Gasteiger partial charge in [0.05, 0.1) is 21.5 Å². The molecule has 1 aliphatic rings. The van der Waals surface area contributed by atoms with Crippen molar-refractivity contribution >= 4 is 46.1 Å². The van der Waals surface area contributed by atoms with E-state index in [1.165, 1.54) is 9.77 Å². The maximum atomic E-state index is 6.45. The number of thiophene rings is 1. The van der Waals surface area contributed by atoms with Crippen LogP contribution < -0.4 is 5.32 Å². The van der Waals surface area contributed by atoms with Crippen molar-refractivity contribution in [3.63, 3.8) is 0 Å². The standard InChI is InChI=1S/C19H14ClNS2/c20-14-7-2-1-6-13(14)19-12-16(17-10-5-11-22-17)21-15-8-3-4-9-18(15)23-19/h1-12,19,21H. The molecular formula is C19H14ClNS2. The molecule has 1 unspecified atom stereocenters. The predicted octanol–water partition coefficient (Wildman–Crippen LogP) is 6.70. The van der Waals surface area contributed by atoms with Crippen LogP contribution in [0.25, 0.3) is 5.70 Å². The van der Waals surface area contributed by atoms with Gasteiger partial charge in [0.1, 0.15) is 0 Å². The lowest BCUT2D eigenvalue weighted by Crippen LogP contribution is -1.97. The minimum atomic E-state index is 0.178. The van der Waals surface area contributed by atoms with E-state index in [1.807, 2.05) is 30.0 Å². The van der Waals surface area contributed by atoms with Gasteiger partial charge in [-0.3, -0.25) is 0 Å². The summed E-state index contributed by atoms with van der Waals surface area (Å²) in [7, 11) is 0. The van der Waals surface area contributed by atoms with Crippen LogP contribution in [0.4, 0.5) is 5.69 Å². The van der Waals surface area contributed by atoms with Crippen molar-refractivity contribution in [1.82, 2.24) is 0 Å². The molecule has 0 amide bonds. The zero-order valence-corrected chi connectivity index (χ0v) is 14.6. The van der Waals surface area contributed by atoms with Gasteiger partial charge in [-0.25, -0.2) is 0 Å². The molecule has 4 rings (SSSR count). The number of fused-ring (bicyclic) bond motifs is 1. The molecule has 2 heterocycles. The fourth-order valence-corrected chi connectivity index (χ4v) is 4.85. The largest absolute Gasteiger partial charge is 0.354 e. The Bertz CT molecular complexity index is 855. The van der Waals surface area contributed by atoms with E-state index in [2.05, 4.69) is 59.2 Å². The van der Waals surface area contributed by atoms with Crippen LogP contribution in [-0.2, 0) is 0 Å². The zero-order valence-electron chi connectivity index (χ0n) is 12.2. The number of rotatable bonds is 2. The molecule has 0 saturated carbocycles. The van der Waals surface area contributed by atoms with Gasteiger partial charge in [-0.2, -0.15) is 0 Å². The Morgan fingerprint density at radius 1 is 0.913 bits per heavy atom. The van der Waals surface area contributed by atoms with Crippen LogP contribution in [0.1, 0.15) is 15.7 Å². The number of benzene rings is 2. The van der Waals surface area contributed by atoms with Crippen LogP contribution in [-0.4, -0.2) is 0 Å². The van der Waals surface area contributed by atoms with E-state index in [-0.39, 0.29) is 5.25 Å². The summed E-state index contributed by atoms with van der Waals surface area (Å²) in [5, 5.41) is 6.68. The molecule has 0 bridgehead atoms. The first kappa shape index (κ1) is 14.9. The molecule has 23 heavy (non-hydrogen) atoms. The summed E-state index contributed by atoms with van der Waals surface area (Å²) in [6.45, 7) is 0. The molecule has 0 fully saturated rings. The molecule has 114 valence electrons. The highest BCUT2D eigenvalue weighted by molar-refractivity contribution is 7.99. The molecule has 1 atom stereocenters. The smallest absolute Gasteiger partial charge is 0.0563 e. The van der Waals surface area contributed by atoms with Crippen LogP contribution in [0.3, 0.4) is 0 Å². The SMILES string of the molecule is Clc1ccccc1C1C=C(c2cccs2)Nc2ccccc2S1. The minimum Gasteiger partial charge on any atom is -0.354 e. The summed E-state index contributed by atoms with van der Waals surface area (Å²) in [5.41, 5.74) is 3.43. The van der Waals surface area contributed by atoms with Gasteiger partial charge in [0.15, 0.2) is 0 Å². The van der Waals surface area contributed by atoms with E-state index in [0.717, 1.165) is 22.0 Å². The zero-order chi connectivity index (χ0) is 15.6. The van der Waals surface area contributed by atoms with Crippen LogP contribution >= 0.6 is 34.7 Å². The van der Waals surface area contributed by atoms with E-state index in [4.69, 9.17) is 11.6 Å². The quantitative estimate of drug-likeness (QED) is 0.548. The number of thioether (sulfide) groups is 1. The number of hydrogen-bond donors (Lipinski definition) is 1. The average molecular weight is 356 g/mol. The lowest BCUT2D eigenvalue weighted by atomic mass is 10.1. The topological polar surface area (TPSA) is 12.0 Å². The van der Waals surface area contributed by atoms with Gasteiger partial charge < -0.3 is 5.32 Å². The monoisotopic (exact) mass is 355 g/mol. The molecule has 1 nitrogen and oxygen atoms in total. The molecular weight excluding hydrogens is 342 g/mol. The first-order chi connectivity index (χ1) is 11.3. The normalized spacial score (nSPS) is 16.9. The second-order valence-corrected chi connectivity index (χ2v) is 7.78. The first-order valence-corrected chi connectivity index (χ1v) is 9.48. The van der Waals surface area contributed by atoms with Gasteiger partial charge in [0.2, 0.25) is 0 Å². The summed E-state index contributed by atoms with van der Waals surface area (Å²) in [6, 6.07) is 20.7. The van der Waals surface area contributed by atoms with Gasteiger partial charge in [-0.15, -0.1) is 23.1 Å². The van der Waals surface area contributed by atoms with Crippen LogP contribution in [0.2, 0.25) is 5.02 Å². The summed E-state index contributed by atoms with van der Waals surface area (Å²) in [6.07, 6.45) is 2.28. The third kappa shape index (κ3) is 3.05. The third-order valence-corrected chi connectivity index (χ3v) is 6.23. The summed E-state index contributed by atoms with van der Waals surface area (Å²) < 4.78 is 0. The number of para-hydroxylation sites is 1. The van der Waals surface area contributed by atoms with Crippen molar-refractivity contribution in [1.29, 1.82) is 0 Å². The van der Waals surface area contributed by atoms with Gasteiger partial charge >= 0.3 is 0 Å². The summed E-state index contributed by atoms with van der Waals surface area (Å²) in [5.74, 6) is 0. The Morgan fingerprint density at radius 2 is 1.74 bits per heavy atom. The third-order valence-electron chi connectivity index (χ3n) is 3.73.